The second-order valence-electron chi connectivity index (χ2n) is 2.27. The number of carboxylic acid groups (broad SMARTS) is 1. The van der Waals surface area contributed by atoms with Crippen LogP contribution < -0.4 is 5.11 Å². The van der Waals surface area contributed by atoms with Gasteiger partial charge >= 0.3 is 0 Å². The Morgan fingerprint density at radius 3 is 2.20 bits per heavy atom. The molecule has 0 rings (SSSR count). The van der Waals surface area contributed by atoms with Gasteiger partial charge in [0.2, 0.25) is 0 Å². The van der Waals surface area contributed by atoms with E-state index in [1.165, 1.54) is 13.2 Å². The first-order chi connectivity index (χ1) is 4.57. The Morgan fingerprint density at radius 1 is 1.60 bits per heavy atom. The molecule has 0 aliphatic heterocycles. The van der Waals surface area contributed by atoms with E-state index in [-0.39, 0.29) is 11.7 Å². The first-order valence-corrected chi connectivity index (χ1v) is 3.05. The van der Waals surface area contributed by atoms with Gasteiger partial charge in [-0.3, -0.25) is 0 Å². The fourth-order valence-corrected chi connectivity index (χ4v) is 0.522. The van der Waals surface area contributed by atoms with Crippen molar-refractivity contribution in [3.8, 4) is 0 Å². The van der Waals surface area contributed by atoms with Gasteiger partial charge < -0.3 is 14.6 Å². The highest BCUT2D eigenvalue weighted by Crippen LogP contribution is 2.01. The van der Waals surface area contributed by atoms with Crippen LogP contribution in [-0.2, 0) is 9.53 Å². The van der Waals surface area contributed by atoms with Crippen molar-refractivity contribution in [1.29, 1.82) is 0 Å². The number of methoxy groups -OCH3 is 1. The summed E-state index contributed by atoms with van der Waals surface area (Å²) in [4.78, 5) is 10.2. The number of allylic oxidation sites excluding steroid dienone is 1. The summed E-state index contributed by atoms with van der Waals surface area (Å²) in [5.74, 6) is -1.21. The van der Waals surface area contributed by atoms with Gasteiger partial charge in [0.1, 0.15) is 11.7 Å². The first kappa shape index (κ1) is 9.01. The number of aliphatic carboxylic acids is 1. The zero-order chi connectivity index (χ0) is 8.15. The van der Waals surface area contributed by atoms with Gasteiger partial charge in [0.25, 0.3) is 0 Å². The normalized spacial score (nSPS) is 11.8. The molecule has 3 heteroatoms. The third kappa shape index (κ3) is 3.12. The average molecular weight is 143 g/mol. The predicted molar refractivity (Wildman–Crippen MR) is 34.9 cm³/mol. The highest BCUT2D eigenvalue weighted by atomic mass is 16.5. The average Bonchev–Trinajstić information content (AvgIpc) is 1.81. The molecule has 0 amide bonds. The zero-order valence-corrected chi connectivity index (χ0v) is 6.38. The first-order valence-electron chi connectivity index (χ1n) is 3.05. The molecule has 0 saturated carbocycles. The van der Waals surface area contributed by atoms with Crippen LogP contribution >= 0.6 is 0 Å². The molecule has 0 bridgehead atoms. The van der Waals surface area contributed by atoms with Crippen LogP contribution in [0.2, 0.25) is 0 Å². The number of ether oxygens (including phenoxy) is 1. The van der Waals surface area contributed by atoms with Crippen LogP contribution in [0.1, 0.15) is 13.8 Å². The molecule has 0 spiro atoms. The van der Waals surface area contributed by atoms with Gasteiger partial charge in [-0.15, -0.1) is 0 Å². The second kappa shape index (κ2) is 3.93. The zero-order valence-electron chi connectivity index (χ0n) is 6.38. The number of carbonyl (C=O) groups excluding carboxylic acids is 1. The number of rotatable bonds is 3. The molecule has 0 aromatic heterocycles. The molecule has 0 saturated heterocycles. The van der Waals surface area contributed by atoms with Crippen molar-refractivity contribution in [2.75, 3.05) is 7.11 Å². The van der Waals surface area contributed by atoms with E-state index in [0.717, 1.165) is 0 Å². The smallest absolute Gasteiger partial charge is 0.137 e. The largest absolute Gasteiger partial charge is 0.542 e. The van der Waals surface area contributed by atoms with Gasteiger partial charge in [-0.2, -0.15) is 0 Å². The molecule has 0 aliphatic rings. The maximum absolute atomic E-state index is 10.2. The molecule has 0 aromatic carbocycles. The predicted octanol–water partition coefficient (Wildman–Crippen LogP) is -0.0774. The summed E-state index contributed by atoms with van der Waals surface area (Å²) in [6.07, 6.45) is 1.50. The van der Waals surface area contributed by atoms with E-state index >= 15 is 0 Å². The Kier molecular flexibility index (Phi) is 3.54. The summed E-state index contributed by atoms with van der Waals surface area (Å²) in [6.45, 7) is 3.73. The molecular formula is C7H11O3-. The number of carbonyl (C=O) groups is 1. The highest BCUT2D eigenvalue weighted by molar-refractivity contribution is 5.82. The van der Waals surface area contributed by atoms with Crippen molar-refractivity contribution >= 4 is 5.97 Å². The number of hydrogen-bond acceptors (Lipinski definition) is 3. The van der Waals surface area contributed by atoms with Crippen LogP contribution in [0, 0.1) is 5.92 Å². The Morgan fingerprint density at radius 2 is 2.10 bits per heavy atom. The van der Waals surface area contributed by atoms with E-state index in [0.29, 0.717) is 0 Å². The standard InChI is InChI=1S/C7H12O3/c1-5(2)4-6(10-3)7(8)9/h4-5H,1-3H3,(H,8,9)/p-1/b6-4-. The lowest BCUT2D eigenvalue weighted by Gasteiger charge is -2.07. The molecule has 0 heterocycles. The minimum absolute atomic E-state index is 0.102. The molecule has 0 radical (unpaired) electrons. The van der Waals surface area contributed by atoms with Gasteiger partial charge in [0.15, 0.2) is 0 Å². The molecule has 0 N–H and O–H groups in total. The minimum Gasteiger partial charge on any atom is -0.542 e. The van der Waals surface area contributed by atoms with E-state index in [9.17, 15) is 9.90 Å². The minimum atomic E-state index is -1.27. The quantitative estimate of drug-likeness (QED) is 0.410. The van der Waals surface area contributed by atoms with Crippen molar-refractivity contribution in [1.82, 2.24) is 0 Å². The van der Waals surface area contributed by atoms with Gasteiger partial charge in [0.05, 0.1) is 7.11 Å². The maximum Gasteiger partial charge on any atom is 0.137 e. The Bertz CT molecular complexity index is 147. The monoisotopic (exact) mass is 143 g/mol. The molecule has 0 aliphatic carbocycles. The Hall–Kier alpha value is -0.990. The van der Waals surface area contributed by atoms with E-state index in [1.54, 1.807) is 0 Å². The highest BCUT2D eigenvalue weighted by Gasteiger charge is 1.96. The van der Waals surface area contributed by atoms with Gasteiger partial charge in [0, 0.05) is 0 Å². The van der Waals surface area contributed by atoms with Crippen LogP contribution in [0.4, 0.5) is 0 Å². The Labute approximate surface area is 60.3 Å². The van der Waals surface area contributed by atoms with Crippen LogP contribution in [-0.4, -0.2) is 13.1 Å². The molecule has 58 valence electrons. The topological polar surface area (TPSA) is 49.4 Å². The van der Waals surface area contributed by atoms with Crippen LogP contribution in [0.15, 0.2) is 11.8 Å². The van der Waals surface area contributed by atoms with Crippen molar-refractivity contribution in [2.24, 2.45) is 5.92 Å². The van der Waals surface area contributed by atoms with E-state index in [1.807, 2.05) is 13.8 Å². The summed E-state index contributed by atoms with van der Waals surface area (Å²) in [6, 6.07) is 0. The van der Waals surface area contributed by atoms with E-state index < -0.39 is 5.97 Å². The summed E-state index contributed by atoms with van der Waals surface area (Å²) in [5, 5.41) is 10.2. The SMILES string of the molecule is CO/C(=C\C(C)C)C(=O)[O-]. The third-order valence-corrected chi connectivity index (χ3v) is 0.906. The Balaban J connectivity index is 4.19. The van der Waals surface area contributed by atoms with Gasteiger partial charge in [-0.1, -0.05) is 13.8 Å². The molecular weight excluding hydrogens is 132 g/mol. The molecule has 0 atom stereocenters. The van der Waals surface area contributed by atoms with Crippen molar-refractivity contribution in [3.05, 3.63) is 11.8 Å². The summed E-state index contributed by atoms with van der Waals surface area (Å²) < 4.78 is 4.52. The van der Waals surface area contributed by atoms with E-state index in [2.05, 4.69) is 4.74 Å². The second-order valence-corrected chi connectivity index (χ2v) is 2.27. The lowest BCUT2D eigenvalue weighted by molar-refractivity contribution is -0.302. The lowest BCUT2D eigenvalue weighted by Crippen LogP contribution is -2.25. The lowest BCUT2D eigenvalue weighted by atomic mass is 10.2. The number of hydrogen-bond donors (Lipinski definition) is 0. The van der Waals surface area contributed by atoms with Crippen molar-refractivity contribution in [3.63, 3.8) is 0 Å². The fraction of sp³-hybridized carbons (Fsp3) is 0.571. The van der Waals surface area contributed by atoms with Crippen molar-refractivity contribution in [2.45, 2.75) is 13.8 Å². The number of carboxylic acids is 1. The van der Waals surface area contributed by atoms with Crippen LogP contribution in [0.3, 0.4) is 0 Å². The molecule has 0 fully saturated rings. The molecule has 0 aromatic rings. The summed E-state index contributed by atoms with van der Waals surface area (Å²) >= 11 is 0. The van der Waals surface area contributed by atoms with Gasteiger partial charge in [-0.05, 0) is 12.0 Å². The molecule has 3 nitrogen and oxygen atoms in total. The fourth-order valence-electron chi connectivity index (χ4n) is 0.522. The van der Waals surface area contributed by atoms with Crippen molar-refractivity contribution < 1.29 is 14.6 Å². The van der Waals surface area contributed by atoms with E-state index in [4.69, 9.17) is 0 Å². The summed E-state index contributed by atoms with van der Waals surface area (Å²) in [5.41, 5.74) is 0. The maximum atomic E-state index is 10.2. The molecule has 10 heavy (non-hydrogen) atoms. The van der Waals surface area contributed by atoms with Gasteiger partial charge in [-0.25, -0.2) is 0 Å². The third-order valence-electron chi connectivity index (χ3n) is 0.906. The van der Waals surface area contributed by atoms with Crippen LogP contribution in [0.25, 0.3) is 0 Å². The van der Waals surface area contributed by atoms with Crippen LogP contribution in [0.5, 0.6) is 0 Å². The molecule has 0 unspecified atom stereocenters. The summed E-state index contributed by atoms with van der Waals surface area (Å²) in [7, 11) is 1.31.